The van der Waals surface area contributed by atoms with Gasteiger partial charge in [0.05, 0.1) is 0 Å². The lowest BCUT2D eigenvalue weighted by molar-refractivity contribution is -0.166. The van der Waals surface area contributed by atoms with Crippen LogP contribution in [0.2, 0.25) is 0 Å². The highest BCUT2D eigenvalue weighted by atomic mass is 16.6. The van der Waals surface area contributed by atoms with Crippen LogP contribution in [0.3, 0.4) is 0 Å². The van der Waals surface area contributed by atoms with E-state index in [9.17, 15) is 19.5 Å². The van der Waals surface area contributed by atoms with Crippen LogP contribution in [0.5, 0.6) is 0 Å². The number of rotatable bonds is 5. The number of hydrogen-bond donors (Lipinski definition) is 1. The summed E-state index contributed by atoms with van der Waals surface area (Å²) in [5.41, 5.74) is 0.0773. The molecule has 0 saturated carbocycles. The van der Waals surface area contributed by atoms with Gasteiger partial charge < -0.3 is 14.6 Å². The molecule has 142 valence electrons. The first kappa shape index (κ1) is 19.8. The van der Waals surface area contributed by atoms with Crippen LogP contribution in [0.4, 0.5) is 4.79 Å². The molecule has 1 fully saturated rings. The predicted molar refractivity (Wildman–Crippen MR) is 93.6 cm³/mol. The van der Waals surface area contributed by atoms with Crippen LogP contribution in [0, 0.1) is 0 Å². The zero-order chi connectivity index (χ0) is 19.3. The van der Waals surface area contributed by atoms with Gasteiger partial charge in [0.15, 0.2) is 0 Å². The van der Waals surface area contributed by atoms with Gasteiger partial charge in [-0.25, -0.2) is 14.4 Å². The maximum atomic E-state index is 12.5. The average Bonchev–Trinajstić information content (AvgIpc) is 3.03. The van der Waals surface area contributed by atoms with E-state index in [-0.39, 0.29) is 6.42 Å². The first-order valence-electron chi connectivity index (χ1n) is 8.64. The number of carboxylic acids is 1. The Balaban J connectivity index is 2.03. The van der Waals surface area contributed by atoms with Gasteiger partial charge in [0, 0.05) is 13.0 Å². The molecular formula is C19H25NO6. The second-order valence-electron chi connectivity index (χ2n) is 7.29. The van der Waals surface area contributed by atoms with Crippen molar-refractivity contribution in [1.29, 1.82) is 0 Å². The Morgan fingerprint density at radius 3 is 2.46 bits per heavy atom. The summed E-state index contributed by atoms with van der Waals surface area (Å²) in [5.74, 6) is -1.93. The fourth-order valence-electron chi connectivity index (χ4n) is 2.78. The molecule has 1 aromatic carbocycles. The number of amides is 1. The van der Waals surface area contributed by atoms with Gasteiger partial charge >= 0.3 is 18.0 Å². The van der Waals surface area contributed by atoms with Crippen molar-refractivity contribution in [3.8, 4) is 0 Å². The molecule has 0 spiro atoms. The lowest BCUT2D eigenvalue weighted by atomic mass is 10.1. The number of carbonyl (C=O) groups is 3. The Kier molecular flexibility index (Phi) is 6.23. The summed E-state index contributed by atoms with van der Waals surface area (Å²) in [6, 6.07) is 8.12. The molecule has 2 atom stereocenters. The quantitative estimate of drug-likeness (QED) is 0.809. The second-order valence-corrected chi connectivity index (χ2v) is 7.29. The Bertz CT molecular complexity index is 652. The first-order chi connectivity index (χ1) is 12.2. The van der Waals surface area contributed by atoms with E-state index in [1.807, 2.05) is 6.07 Å². The normalized spacial score (nSPS) is 18.3. The van der Waals surface area contributed by atoms with E-state index in [4.69, 9.17) is 9.47 Å². The standard InChI is InChI=1S/C19H25NO6/c1-19(2,3)26-18(24)20-11-7-10-14(20)17(23)25-15(16(21)22)12-13-8-5-4-6-9-13/h4-6,8-9,14-15H,7,10-12H2,1-3H3,(H,21,22)/t14-,15-/m0/s1. The van der Waals surface area contributed by atoms with Gasteiger partial charge in [-0.2, -0.15) is 0 Å². The summed E-state index contributed by atoms with van der Waals surface area (Å²) < 4.78 is 10.5. The summed E-state index contributed by atoms with van der Waals surface area (Å²) in [6.07, 6.45) is -0.760. The van der Waals surface area contributed by atoms with Gasteiger partial charge in [0.2, 0.25) is 6.10 Å². The van der Waals surface area contributed by atoms with Crippen molar-refractivity contribution in [3.05, 3.63) is 35.9 Å². The summed E-state index contributed by atoms with van der Waals surface area (Å²) in [7, 11) is 0. The van der Waals surface area contributed by atoms with Crippen molar-refractivity contribution in [2.45, 2.75) is 57.8 Å². The topological polar surface area (TPSA) is 93.1 Å². The van der Waals surface area contributed by atoms with Crippen LogP contribution >= 0.6 is 0 Å². The number of hydrogen-bond acceptors (Lipinski definition) is 5. The second kappa shape index (κ2) is 8.21. The molecule has 0 aromatic heterocycles. The maximum Gasteiger partial charge on any atom is 0.411 e. The van der Waals surface area contributed by atoms with Gasteiger partial charge in [-0.05, 0) is 39.2 Å². The van der Waals surface area contributed by atoms with E-state index < -0.39 is 35.8 Å². The van der Waals surface area contributed by atoms with Gasteiger partial charge in [0.1, 0.15) is 11.6 Å². The lowest BCUT2D eigenvalue weighted by Gasteiger charge is -2.28. The third-order valence-electron chi connectivity index (χ3n) is 3.95. The van der Waals surface area contributed by atoms with Crippen molar-refractivity contribution in [2.75, 3.05) is 6.54 Å². The molecule has 0 aliphatic carbocycles. The van der Waals surface area contributed by atoms with Crippen LogP contribution in [-0.4, -0.2) is 52.3 Å². The van der Waals surface area contributed by atoms with Crippen LogP contribution in [0.1, 0.15) is 39.2 Å². The first-order valence-corrected chi connectivity index (χ1v) is 8.64. The lowest BCUT2D eigenvalue weighted by Crippen LogP contribution is -2.45. The number of likely N-dealkylation sites (tertiary alicyclic amines) is 1. The third kappa shape index (κ3) is 5.47. The van der Waals surface area contributed by atoms with E-state index in [0.717, 1.165) is 5.56 Å². The monoisotopic (exact) mass is 363 g/mol. The van der Waals surface area contributed by atoms with Crippen molar-refractivity contribution in [3.63, 3.8) is 0 Å². The summed E-state index contributed by atoms with van der Waals surface area (Å²) in [5, 5.41) is 9.37. The molecule has 1 N–H and O–H groups in total. The number of benzene rings is 1. The minimum Gasteiger partial charge on any atom is -0.478 e. The molecule has 0 bridgehead atoms. The minimum atomic E-state index is -1.30. The highest BCUT2D eigenvalue weighted by Gasteiger charge is 2.39. The number of nitrogens with zero attached hydrogens (tertiary/aromatic N) is 1. The van der Waals surface area contributed by atoms with Crippen LogP contribution in [0.15, 0.2) is 30.3 Å². The summed E-state index contributed by atoms with van der Waals surface area (Å²) in [4.78, 5) is 37.6. The van der Waals surface area contributed by atoms with Crippen molar-refractivity contribution < 1.29 is 29.0 Å². The van der Waals surface area contributed by atoms with Gasteiger partial charge in [-0.15, -0.1) is 0 Å². The van der Waals surface area contributed by atoms with E-state index in [1.165, 1.54) is 4.90 Å². The number of ether oxygens (including phenoxy) is 2. The number of carboxylic acid groups (broad SMARTS) is 1. The Morgan fingerprint density at radius 2 is 1.88 bits per heavy atom. The zero-order valence-corrected chi connectivity index (χ0v) is 15.3. The Hall–Kier alpha value is -2.57. The van der Waals surface area contributed by atoms with Crippen molar-refractivity contribution in [1.82, 2.24) is 4.90 Å². The summed E-state index contributed by atoms with van der Waals surface area (Å²) in [6.45, 7) is 5.61. The molecule has 1 aliphatic heterocycles. The van der Waals surface area contributed by atoms with Crippen LogP contribution in [-0.2, 0) is 25.5 Å². The molecule has 7 nitrogen and oxygen atoms in total. The molecule has 0 radical (unpaired) electrons. The Labute approximate surface area is 152 Å². The van der Waals surface area contributed by atoms with E-state index >= 15 is 0 Å². The molecule has 1 aromatic rings. The molecule has 0 unspecified atom stereocenters. The number of esters is 1. The van der Waals surface area contributed by atoms with Crippen molar-refractivity contribution in [2.24, 2.45) is 0 Å². The zero-order valence-electron chi connectivity index (χ0n) is 15.3. The fraction of sp³-hybridized carbons (Fsp3) is 0.526. The van der Waals surface area contributed by atoms with Gasteiger partial charge in [-0.1, -0.05) is 30.3 Å². The van der Waals surface area contributed by atoms with Crippen LogP contribution < -0.4 is 0 Å². The molecule has 1 aliphatic rings. The minimum absolute atomic E-state index is 0.0705. The molecular weight excluding hydrogens is 338 g/mol. The van der Waals surface area contributed by atoms with Gasteiger partial charge in [-0.3, -0.25) is 4.90 Å². The highest BCUT2D eigenvalue weighted by molar-refractivity contribution is 5.84. The van der Waals surface area contributed by atoms with Crippen molar-refractivity contribution >= 4 is 18.0 Å². The maximum absolute atomic E-state index is 12.5. The predicted octanol–water partition coefficient (Wildman–Crippen LogP) is 2.62. The molecule has 1 heterocycles. The van der Waals surface area contributed by atoms with E-state index in [1.54, 1.807) is 45.0 Å². The van der Waals surface area contributed by atoms with Crippen LogP contribution in [0.25, 0.3) is 0 Å². The molecule has 26 heavy (non-hydrogen) atoms. The number of carbonyl (C=O) groups excluding carboxylic acids is 2. The Morgan fingerprint density at radius 1 is 1.23 bits per heavy atom. The SMILES string of the molecule is CC(C)(C)OC(=O)N1CCC[C@H]1C(=O)O[C@@H](Cc1ccccc1)C(=O)O. The largest absolute Gasteiger partial charge is 0.478 e. The molecule has 1 amide bonds. The highest BCUT2D eigenvalue weighted by Crippen LogP contribution is 2.22. The van der Waals surface area contributed by atoms with E-state index in [2.05, 4.69) is 0 Å². The number of aliphatic carboxylic acids is 1. The third-order valence-corrected chi connectivity index (χ3v) is 3.95. The molecule has 7 heteroatoms. The smallest absolute Gasteiger partial charge is 0.411 e. The fourth-order valence-corrected chi connectivity index (χ4v) is 2.78. The molecule has 1 saturated heterocycles. The van der Waals surface area contributed by atoms with Gasteiger partial charge in [0.25, 0.3) is 0 Å². The van der Waals surface area contributed by atoms with E-state index in [0.29, 0.717) is 19.4 Å². The average molecular weight is 363 g/mol. The summed E-state index contributed by atoms with van der Waals surface area (Å²) >= 11 is 0. The molecule has 2 rings (SSSR count).